The molecule has 0 fully saturated rings. The van der Waals surface area contributed by atoms with Gasteiger partial charge in [0, 0.05) is 28.7 Å². The van der Waals surface area contributed by atoms with Gasteiger partial charge in [-0.1, -0.05) is 50.6 Å². The number of halogens is 1. The van der Waals surface area contributed by atoms with Crippen molar-refractivity contribution >= 4 is 33.8 Å². The molecule has 7 heteroatoms. The number of nitrogens with zero attached hydrogens (tertiary/aromatic N) is 2. The van der Waals surface area contributed by atoms with Crippen molar-refractivity contribution in [3.05, 3.63) is 56.8 Å². The Hall–Kier alpha value is -2.18. The minimum absolute atomic E-state index is 0.0217. The van der Waals surface area contributed by atoms with E-state index in [1.54, 1.807) is 6.07 Å². The van der Waals surface area contributed by atoms with Crippen molar-refractivity contribution in [1.29, 1.82) is 0 Å². The van der Waals surface area contributed by atoms with Gasteiger partial charge in [0.15, 0.2) is 4.96 Å². The highest BCUT2D eigenvalue weighted by atomic mass is 35.5. The third kappa shape index (κ3) is 3.60. The van der Waals surface area contributed by atoms with Gasteiger partial charge in [0.25, 0.3) is 11.5 Å². The van der Waals surface area contributed by atoms with Gasteiger partial charge in [-0.05, 0) is 11.5 Å². The Balaban J connectivity index is 2.08. The van der Waals surface area contributed by atoms with Gasteiger partial charge in [-0.2, -0.15) is 0 Å². The lowest BCUT2D eigenvalue weighted by atomic mass is 9.97. The molecule has 0 radical (unpaired) electrons. The first-order chi connectivity index (χ1) is 11.8. The van der Waals surface area contributed by atoms with Crippen LogP contribution in [0.2, 0.25) is 5.02 Å². The molecule has 0 aliphatic heterocycles. The highest BCUT2D eigenvalue weighted by Gasteiger charge is 2.19. The molecule has 2 aromatic heterocycles. The van der Waals surface area contributed by atoms with E-state index < -0.39 is 11.5 Å². The van der Waals surface area contributed by atoms with Crippen LogP contribution in [-0.4, -0.2) is 21.8 Å². The molecule has 3 rings (SSSR count). The van der Waals surface area contributed by atoms with E-state index in [4.69, 9.17) is 11.6 Å². The number of nitrogens with one attached hydrogen (secondary N) is 1. The van der Waals surface area contributed by atoms with E-state index in [1.807, 2.05) is 44.4 Å². The topological polar surface area (TPSA) is 63.5 Å². The van der Waals surface area contributed by atoms with Crippen LogP contribution in [0, 0.1) is 5.41 Å². The summed E-state index contributed by atoms with van der Waals surface area (Å²) in [5.74, 6) is -0.418. The number of hydrogen-bond donors (Lipinski definition) is 1. The standard InChI is InChI=1S/C18H18ClN3O2S/c1-18(2,3)10-21-15(23)12-8-20-17-22(16(12)24)14(9-25-17)11-6-4-5-7-13(11)19/h4-9H,10H2,1-3H3,(H,21,23). The molecule has 0 spiro atoms. The molecule has 3 aromatic rings. The number of carbonyl (C=O) groups excluding carboxylic acids is 1. The number of hydrogen-bond acceptors (Lipinski definition) is 4. The summed E-state index contributed by atoms with van der Waals surface area (Å²) in [7, 11) is 0. The third-order valence-corrected chi connectivity index (χ3v) is 4.79. The van der Waals surface area contributed by atoms with E-state index in [9.17, 15) is 9.59 Å². The van der Waals surface area contributed by atoms with Gasteiger partial charge >= 0.3 is 0 Å². The Kier molecular flexibility index (Phi) is 4.67. The summed E-state index contributed by atoms with van der Waals surface area (Å²) >= 11 is 7.59. The van der Waals surface area contributed by atoms with Crippen LogP contribution in [0.4, 0.5) is 0 Å². The van der Waals surface area contributed by atoms with Gasteiger partial charge in [-0.3, -0.25) is 14.0 Å². The fraction of sp³-hybridized carbons (Fsp3) is 0.278. The second-order valence-electron chi connectivity index (χ2n) is 6.94. The Morgan fingerprint density at radius 3 is 2.72 bits per heavy atom. The van der Waals surface area contributed by atoms with E-state index in [1.165, 1.54) is 21.9 Å². The number of fused-ring (bicyclic) bond motifs is 1. The van der Waals surface area contributed by atoms with Crippen LogP contribution in [0.15, 0.2) is 40.6 Å². The molecular formula is C18H18ClN3O2S. The number of benzene rings is 1. The minimum atomic E-state index is -0.418. The Bertz CT molecular complexity index is 1000. The maximum atomic E-state index is 12.9. The first-order valence-corrected chi connectivity index (χ1v) is 9.06. The number of aromatic nitrogens is 2. The molecule has 0 aliphatic rings. The molecule has 2 heterocycles. The summed E-state index contributed by atoms with van der Waals surface area (Å²) in [6, 6.07) is 7.28. The fourth-order valence-corrected chi connectivity index (χ4v) is 3.43. The van der Waals surface area contributed by atoms with Gasteiger partial charge in [-0.15, -0.1) is 11.3 Å². The maximum Gasteiger partial charge on any atom is 0.271 e. The number of thiazole rings is 1. The van der Waals surface area contributed by atoms with Crippen LogP contribution in [0.1, 0.15) is 31.1 Å². The van der Waals surface area contributed by atoms with Crippen molar-refractivity contribution in [2.45, 2.75) is 20.8 Å². The number of carbonyl (C=O) groups is 1. The third-order valence-electron chi connectivity index (χ3n) is 3.62. The Labute approximate surface area is 154 Å². The SMILES string of the molecule is CC(C)(C)CNC(=O)c1cnc2scc(-c3ccccc3Cl)n2c1=O. The van der Waals surface area contributed by atoms with Crippen LogP contribution < -0.4 is 10.9 Å². The van der Waals surface area contributed by atoms with Crippen LogP contribution >= 0.6 is 22.9 Å². The Morgan fingerprint density at radius 2 is 2.04 bits per heavy atom. The highest BCUT2D eigenvalue weighted by molar-refractivity contribution is 7.15. The van der Waals surface area contributed by atoms with Crippen LogP contribution in [0.3, 0.4) is 0 Å². The predicted molar refractivity (Wildman–Crippen MR) is 102 cm³/mol. The van der Waals surface area contributed by atoms with E-state index in [2.05, 4.69) is 10.3 Å². The largest absolute Gasteiger partial charge is 0.351 e. The average Bonchev–Trinajstić information content (AvgIpc) is 2.97. The second-order valence-corrected chi connectivity index (χ2v) is 8.18. The molecule has 25 heavy (non-hydrogen) atoms. The summed E-state index contributed by atoms with van der Waals surface area (Å²) < 4.78 is 1.44. The summed E-state index contributed by atoms with van der Waals surface area (Å²) in [4.78, 5) is 30.1. The monoisotopic (exact) mass is 375 g/mol. The quantitative estimate of drug-likeness (QED) is 0.756. The normalized spacial score (nSPS) is 11.7. The van der Waals surface area contributed by atoms with Crippen molar-refractivity contribution in [2.24, 2.45) is 5.41 Å². The molecule has 1 amide bonds. The molecule has 5 nitrogen and oxygen atoms in total. The zero-order valence-corrected chi connectivity index (χ0v) is 15.7. The average molecular weight is 376 g/mol. The summed E-state index contributed by atoms with van der Waals surface area (Å²) in [5.41, 5.74) is 0.912. The molecule has 0 aliphatic carbocycles. The minimum Gasteiger partial charge on any atom is -0.351 e. The van der Waals surface area contributed by atoms with E-state index in [-0.39, 0.29) is 11.0 Å². The van der Waals surface area contributed by atoms with Crippen molar-refractivity contribution in [2.75, 3.05) is 6.54 Å². The van der Waals surface area contributed by atoms with Crippen molar-refractivity contribution < 1.29 is 4.79 Å². The van der Waals surface area contributed by atoms with Gasteiger partial charge in [0.05, 0.1) is 5.69 Å². The zero-order chi connectivity index (χ0) is 18.2. The first-order valence-electron chi connectivity index (χ1n) is 7.80. The second kappa shape index (κ2) is 6.61. The van der Waals surface area contributed by atoms with Crippen LogP contribution in [0.25, 0.3) is 16.2 Å². The maximum absolute atomic E-state index is 12.9. The van der Waals surface area contributed by atoms with Gasteiger partial charge in [-0.25, -0.2) is 4.98 Å². The molecule has 1 aromatic carbocycles. The molecule has 1 N–H and O–H groups in total. The van der Waals surface area contributed by atoms with Gasteiger partial charge in [0.1, 0.15) is 5.56 Å². The van der Waals surface area contributed by atoms with E-state index >= 15 is 0 Å². The molecular weight excluding hydrogens is 358 g/mol. The summed E-state index contributed by atoms with van der Waals surface area (Å²) in [6.07, 6.45) is 1.34. The molecule has 0 saturated carbocycles. The lowest BCUT2D eigenvalue weighted by Gasteiger charge is -2.18. The highest BCUT2D eigenvalue weighted by Crippen LogP contribution is 2.29. The molecule has 0 unspecified atom stereocenters. The van der Waals surface area contributed by atoms with Gasteiger partial charge < -0.3 is 5.32 Å². The Morgan fingerprint density at radius 1 is 1.32 bits per heavy atom. The number of amides is 1. The zero-order valence-electron chi connectivity index (χ0n) is 14.2. The van der Waals surface area contributed by atoms with Gasteiger partial charge in [0.2, 0.25) is 0 Å². The van der Waals surface area contributed by atoms with Crippen molar-refractivity contribution in [1.82, 2.24) is 14.7 Å². The van der Waals surface area contributed by atoms with Crippen LogP contribution in [0.5, 0.6) is 0 Å². The van der Waals surface area contributed by atoms with Crippen molar-refractivity contribution in [3.8, 4) is 11.3 Å². The molecule has 0 saturated heterocycles. The molecule has 0 atom stereocenters. The molecule has 130 valence electrons. The van der Waals surface area contributed by atoms with E-state index in [0.29, 0.717) is 22.2 Å². The lowest BCUT2D eigenvalue weighted by Crippen LogP contribution is -2.36. The lowest BCUT2D eigenvalue weighted by molar-refractivity contribution is 0.0937. The smallest absolute Gasteiger partial charge is 0.271 e. The van der Waals surface area contributed by atoms with E-state index in [0.717, 1.165) is 5.56 Å². The first kappa shape index (κ1) is 17.6. The van der Waals surface area contributed by atoms with Crippen LogP contribution in [-0.2, 0) is 0 Å². The summed E-state index contributed by atoms with van der Waals surface area (Å²) in [6.45, 7) is 6.50. The number of rotatable bonds is 3. The summed E-state index contributed by atoms with van der Waals surface area (Å²) in [5, 5.41) is 5.15. The van der Waals surface area contributed by atoms with Crippen molar-refractivity contribution in [3.63, 3.8) is 0 Å². The predicted octanol–water partition coefficient (Wildman–Crippen LogP) is 3.85. The fourth-order valence-electron chi connectivity index (χ4n) is 2.35. The molecule has 0 bridgehead atoms.